The van der Waals surface area contributed by atoms with Crippen molar-refractivity contribution in [2.75, 3.05) is 0 Å². The van der Waals surface area contributed by atoms with Crippen LogP contribution in [-0.2, 0) is 4.79 Å². The highest BCUT2D eigenvalue weighted by Crippen LogP contribution is 2.21. The summed E-state index contributed by atoms with van der Waals surface area (Å²) in [6, 6.07) is 5.50. The van der Waals surface area contributed by atoms with Crippen molar-refractivity contribution in [3.05, 3.63) is 28.8 Å². The molecule has 0 heterocycles. The Hall–Kier alpha value is -1.22. The van der Waals surface area contributed by atoms with Gasteiger partial charge in [0.25, 0.3) is 5.91 Å². The van der Waals surface area contributed by atoms with Crippen LogP contribution in [0.4, 0.5) is 0 Å². The molecule has 0 aliphatic carbocycles. The van der Waals surface area contributed by atoms with Gasteiger partial charge in [-0.05, 0) is 50.5 Å². The smallest absolute Gasteiger partial charge is 0.260 e. The largest absolute Gasteiger partial charge is 0.481 e. The first-order valence-corrected chi connectivity index (χ1v) is 6.92. The molecule has 2 unspecified atom stereocenters. The lowest BCUT2D eigenvalue weighted by molar-refractivity contribution is -0.128. The third kappa shape index (κ3) is 4.75. The normalized spacial score (nSPS) is 14.1. The standard InChI is InChI=1S/C15H22ClNO2/c1-9(2)11(4)17-15(18)12(5)19-13-6-7-14(16)10(3)8-13/h6-9,11-12H,1-5H3,(H,17,18). The van der Waals surface area contributed by atoms with Gasteiger partial charge in [0, 0.05) is 11.1 Å². The average molecular weight is 284 g/mol. The third-order valence-electron chi connectivity index (χ3n) is 3.18. The maximum Gasteiger partial charge on any atom is 0.260 e. The Morgan fingerprint density at radius 2 is 1.89 bits per heavy atom. The van der Waals surface area contributed by atoms with Crippen LogP contribution in [0.25, 0.3) is 0 Å². The van der Waals surface area contributed by atoms with Crippen LogP contribution in [0.3, 0.4) is 0 Å². The van der Waals surface area contributed by atoms with E-state index in [0.29, 0.717) is 16.7 Å². The van der Waals surface area contributed by atoms with Gasteiger partial charge in [-0.25, -0.2) is 0 Å². The Morgan fingerprint density at radius 1 is 1.26 bits per heavy atom. The van der Waals surface area contributed by atoms with Crippen LogP contribution in [0.5, 0.6) is 5.75 Å². The highest BCUT2D eigenvalue weighted by atomic mass is 35.5. The summed E-state index contributed by atoms with van der Waals surface area (Å²) in [6.45, 7) is 9.77. The number of benzene rings is 1. The van der Waals surface area contributed by atoms with E-state index in [0.717, 1.165) is 5.56 Å². The van der Waals surface area contributed by atoms with Crippen LogP contribution in [0.1, 0.15) is 33.3 Å². The Labute approximate surface area is 120 Å². The first-order valence-electron chi connectivity index (χ1n) is 6.54. The molecule has 1 rings (SSSR count). The number of halogens is 1. The summed E-state index contributed by atoms with van der Waals surface area (Å²) < 4.78 is 5.62. The van der Waals surface area contributed by atoms with Gasteiger partial charge in [0.2, 0.25) is 0 Å². The molecule has 0 aliphatic rings. The van der Waals surface area contributed by atoms with Gasteiger partial charge >= 0.3 is 0 Å². The molecule has 1 N–H and O–H groups in total. The molecule has 1 aromatic carbocycles. The fourth-order valence-electron chi connectivity index (χ4n) is 1.46. The number of hydrogen-bond acceptors (Lipinski definition) is 2. The molecule has 0 saturated heterocycles. The molecule has 0 aliphatic heterocycles. The van der Waals surface area contributed by atoms with Crippen molar-refractivity contribution >= 4 is 17.5 Å². The monoisotopic (exact) mass is 283 g/mol. The molecular weight excluding hydrogens is 262 g/mol. The Bertz CT molecular complexity index is 446. The lowest BCUT2D eigenvalue weighted by atomic mass is 10.1. The van der Waals surface area contributed by atoms with Gasteiger partial charge in [0.1, 0.15) is 5.75 Å². The van der Waals surface area contributed by atoms with Gasteiger partial charge in [-0.3, -0.25) is 4.79 Å². The Kier molecular flexibility index (Phi) is 5.67. The van der Waals surface area contributed by atoms with E-state index in [1.54, 1.807) is 19.1 Å². The van der Waals surface area contributed by atoms with Gasteiger partial charge in [-0.15, -0.1) is 0 Å². The van der Waals surface area contributed by atoms with Crippen molar-refractivity contribution in [2.45, 2.75) is 46.8 Å². The van der Waals surface area contributed by atoms with Crippen molar-refractivity contribution in [3.63, 3.8) is 0 Å². The number of amides is 1. The molecule has 1 amide bonds. The zero-order chi connectivity index (χ0) is 14.6. The molecule has 3 nitrogen and oxygen atoms in total. The van der Waals surface area contributed by atoms with Crippen LogP contribution >= 0.6 is 11.6 Å². The van der Waals surface area contributed by atoms with E-state index in [1.165, 1.54) is 0 Å². The zero-order valence-electron chi connectivity index (χ0n) is 12.2. The van der Waals surface area contributed by atoms with Gasteiger partial charge < -0.3 is 10.1 Å². The summed E-state index contributed by atoms with van der Waals surface area (Å²) in [5.74, 6) is 0.949. The minimum absolute atomic E-state index is 0.103. The van der Waals surface area contributed by atoms with Gasteiger partial charge in [0.05, 0.1) is 0 Å². The van der Waals surface area contributed by atoms with E-state index < -0.39 is 6.10 Å². The third-order valence-corrected chi connectivity index (χ3v) is 3.61. The lowest BCUT2D eigenvalue weighted by Crippen LogP contribution is -2.43. The fraction of sp³-hybridized carbons (Fsp3) is 0.533. The second-order valence-corrected chi connectivity index (χ2v) is 5.62. The highest BCUT2D eigenvalue weighted by molar-refractivity contribution is 6.31. The highest BCUT2D eigenvalue weighted by Gasteiger charge is 2.18. The summed E-state index contributed by atoms with van der Waals surface area (Å²) >= 11 is 5.95. The summed E-state index contributed by atoms with van der Waals surface area (Å²) in [7, 11) is 0. The van der Waals surface area contributed by atoms with Crippen LogP contribution in [0.2, 0.25) is 5.02 Å². The van der Waals surface area contributed by atoms with E-state index in [-0.39, 0.29) is 11.9 Å². The maximum atomic E-state index is 12.0. The Balaban J connectivity index is 2.61. The molecule has 19 heavy (non-hydrogen) atoms. The lowest BCUT2D eigenvalue weighted by Gasteiger charge is -2.21. The number of hydrogen-bond donors (Lipinski definition) is 1. The predicted octanol–water partition coefficient (Wildman–Crippen LogP) is 3.58. The van der Waals surface area contributed by atoms with Crippen molar-refractivity contribution in [2.24, 2.45) is 5.92 Å². The van der Waals surface area contributed by atoms with Gasteiger partial charge in [0.15, 0.2) is 6.10 Å². The fourth-order valence-corrected chi connectivity index (χ4v) is 1.57. The average Bonchev–Trinajstić information content (AvgIpc) is 2.33. The van der Waals surface area contributed by atoms with Crippen molar-refractivity contribution < 1.29 is 9.53 Å². The molecule has 0 bridgehead atoms. The molecule has 4 heteroatoms. The first kappa shape index (κ1) is 15.8. The number of ether oxygens (including phenoxy) is 1. The number of carbonyl (C=O) groups excluding carboxylic acids is 1. The summed E-state index contributed by atoms with van der Waals surface area (Å²) in [4.78, 5) is 12.0. The molecule has 0 saturated carbocycles. The van der Waals surface area contributed by atoms with Gasteiger partial charge in [-0.1, -0.05) is 25.4 Å². The number of rotatable bonds is 5. The second-order valence-electron chi connectivity index (χ2n) is 5.21. The maximum absolute atomic E-state index is 12.0. The minimum Gasteiger partial charge on any atom is -0.481 e. The quantitative estimate of drug-likeness (QED) is 0.897. The summed E-state index contributed by atoms with van der Waals surface area (Å²) in [6.07, 6.45) is -0.526. The molecule has 1 aromatic rings. The molecule has 0 radical (unpaired) electrons. The SMILES string of the molecule is Cc1cc(OC(C)C(=O)NC(C)C(C)C)ccc1Cl. The van der Waals surface area contributed by atoms with Crippen LogP contribution < -0.4 is 10.1 Å². The molecule has 2 atom stereocenters. The van der Waals surface area contributed by atoms with Crippen molar-refractivity contribution in [1.29, 1.82) is 0 Å². The van der Waals surface area contributed by atoms with E-state index in [1.807, 2.05) is 19.9 Å². The minimum atomic E-state index is -0.526. The van der Waals surface area contributed by atoms with E-state index in [2.05, 4.69) is 19.2 Å². The second kappa shape index (κ2) is 6.80. The molecule has 0 spiro atoms. The molecule has 0 fully saturated rings. The van der Waals surface area contributed by atoms with Crippen LogP contribution in [0.15, 0.2) is 18.2 Å². The van der Waals surface area contributed by atoms with Crippen LogP contribution in [0, 0.1) is 12.8 Å². The zero-order valence-corrected chi connectivity index (χ0v) is 12.9. The molecular formula is C15H22ClNO2. The molecule has 106 valence electrons. The van der Waals surface area contributed by atoms with Gasteiger partial charge in [-0.2, -0.15) is 0 Å². The van der Waals surface area contributed by atoms with Crippen molar-refractivity contribution in [3.8, 4) is 5.75 Å². The number of aryl methyl sites for hydroxylation is 1. The van der Waals surface area contributed by atoms with E-state index in [9.17, 15) is 4.79 Å². The predicted molar refractivity (Wildman–Crippen MR) is 78.7 cm³/mol. The van der Waals surface area contributed by atoms with E-state index >= 15 is 0 Å². The topological polar surface area (TPSA) is 38.3 Å². The number of carbonyl (C=O) groups is 1. The Morgan fingerprint density at radius 3 is 2.42 bits per heavy atom. The molecule has 0 aromatic heterocycles. The first-order chi connectivity index (χ1) is 8.81. The van der Waals surface area contributed by atoms with Crippen molar-refractivity contribution in [1.82, 2.24) is 5.32 Å². The number of nitrogens with one attached hydrogen (secondary N) is 1. The van der Waals surface area contributed by atoms with E-state index in [4.69, 9.17) is 16.3 Å². The summed E-state index contributed by atoms with van der Waals surface area (Å²) in [5.41, 5.74) is 0.933. The van der Waals surface area contributed by atoms with Crippen LogP contribution in [-0.4, -0.2) is 18.1 Å². The summed E-state index contributed by atoms with van der Waals surface area (Å²) in [5, 5.41) is 3.63.